The van der Waals surface area contributed by atoms with E-state index in [1.807, 2.05) is 0 Å². The third kappa shape index (κ3) is 2.58. The first-order valence-electron chi connectivity index (χ1n) is 7.36. The lowest BCUT2D eigenvalue weighted by atomic mass is 9.71. The van der Waals surface area contributed by atoms with E-state index in [-0.39, 0.29) is 0 Å². The van der Waals surface area contributed by atoms with E-state index in [4.69, 9.17) is 11.6 Å². The molecule has 0 aliphatic heterocycles. The topological polar surface area (TPSA) is 0 Å². The Hall–Kier alpha value is 0.290. The Labute approximate surface area is 106 Å². The van der Waals surface area contributed by atoms with Crippen LogP contribution in [0, 0.1) is 17.3 Å². The van der Waals surface area contributed by atoms with E-state index in [2.05, 4.69) is 6.92 Å². The Bertz CT molecular complexity index is 213. The number of hydrogen-bond donors (Lipinski definition) is 0. The van der Waals surface area contributed by atoms with Crippen molar-refractivity contribution in [3.05, 3.63) is 0 Å². The zero-order valence-electron chi connectivity index (χ0n) is 10.8. The largest absolute Gasteiger partial charge is 0.126 e. The first-order chi connectivity index (χ1) is 7.80. The maximum Gasteiger partial charge on any atom is 0.0282 e. The number of unbranched alkanes of at least 4 members (excludes halogenated alkanes) is 4. The Morgan fingerprint density at radius 1 is 1.12 bits per heavy atom. The van der Waals surface area contributed by atoms with Crippen molar-refractivity contribution >= 4 is 11.6 Å². The van der Waals surface area contributed by atoms with Crippen LogP contribution in [0.1, 0.15) is 71.1 Å². The van der Waals surface area contributed by atoms with Gasteiger partial charge in [0.05, 0.1) is 0 Å². The molecule has 2 bridgehead atoms. The number of hydrogen-bond acceptors (Lipinski definition) is 0. The zero-order chi connectivity index (χ0) is 11.4. The normalized spacial score (nSPS) is 37.1. The van der Waals surface area contributed by atoms with Crippen molar-refractivity contribution in [2.24, 2.45) is 17.3 Å². The van der Waals surface area contributed by atoms with E-state index in [0.29, 0.717) is 5.41 Å². The van der Waals surface area contributed by atoms with E-state index < -0.39 is 0 Å². The van der Waals surface area contributed by atoms with Crippen LogP contribution in [0.25, 0.3) is 0 Å². The Balaban J connectivity index is 1.73. The summed E-state index contributed by atoms with van der Waals surface area (Å²) in [5.74, 6) is 2.96. The van der Waals surface area contributed by atoms with E-state index in [1.165, 1.54) is 64.2 Å². The molecule has 2 fully saturated rings. The van der Waals surface area contributed by atoms with Gasteiger partial charge in [0.25, 0.3) is 0 Å². The summed E-state index contributed by atoms with van der Waals surface area (Å²) in [4.78, 5) is 0. The first-order valence-corrected chi connectivity index (χ1v) is 7.90. The highest BCUT2D eigenvalue weighted by Gasteiger charge is 2.49. The highest BCUT2D eigenvalue weighted by Crippen LogP contribution is 2.58. The van der Waals surface area contributed by atoms with Crippen LogP contribution in [-0.4, -0.2) is 5.88 Å². The van der Waals surface area contributed by atoms with Crippen molar-refractivity contribution in [1.29, 1.82) is 0 Å². The maximum atomic E-state index is 6.30. The molecule has 16 heavy (non-hydrogen) atoms. The Morgan fingerprint density at radius 3 is 2.50 bits per heavy atom. The molecule has 0 heterocycles. The molecule has 0 radical (unpaired) electrons. The summed E-state index contributed by atoms with van der Waals surface area (Å²) in [6.07, 6.45) is 14.4. The monoisotopic (exact) mass is 242 g/mol. The molecule has 94 valence electrons. The molecule has 3 unspecified atom stereocenters. The van der Waals surface area contributed by atoms with Gasteiger partial charge in [-0.2, -0.15) is 0 Å². The molecule has 2 saturated carbocycles. The summed E-state index contributed by atoms with van der Waals surface area (Å²) < 4.78 is 0. The molecule has 0 amide bonds. The summed E-state index contributed by atoms with van der Waals surface area (Å²) in [5.41, 5.74) is 0.566. The highest BCUT2D eigenvalue weighted by molar-refractivity contribution is 6.18. The van der Waals surface area contributed by atoms with Crippen molar-refractivity contribution < 1.29 is 0 Å². The van der Waals surface area contributed by atoms with E-state index in [9.17, 15) is 0 Å². The van der Waals surface area contributed by atoms with Gasteiger partial charge in [-0.15, -0.1) is 11.6 Å². The number of fused-ring (bicyclic) bond motifs is 2. The summed E-state index contributed by atoms with van der Waals surface area (Å²) in [7, 11) is 0. The van der Waals surface area contributed by atoms with Crippen LogP contribution in [0.3, 0.4) is 0 Å². The molecule has 1 heteroatoms. The van der Waals surface area contributed by atoms with Crippen molar-refractivity contribution in [3.63, 3.8) is 0 Å². The smallest absolute Gasteiger partial charge is 0.0282 e. The van der Waals surface area contributed by atoms with Gasteiger partial charge in [-0.3, -0.25) is 0 Å². The summed E-state index contributed by atoms with van der Waals surface area (Å²) in [6, 6.07) is 0. The molecule has 0 saturated heterocycles. The molecule has 0 N–H and O–H groups in total. The van der Waals surface area contributed by atoms with Crippen molar-refractivity contribution in [3.8, 4) is 0 Å². The molecule has 2 aliphatic rings. The highest BCUT2D eigenvalue weighted by atomic mass is 35.5. The molecule has 2 aliphatic carbocycles. The second-order valence-electron chi connectivity index (χ2n) is 6.24. The SMILES string of the molecule is CCCCCCCC1(CCl)CC2CCC1C2. The molecular weight excluding hydrogens is 216 g/mol. The lowest BCUT2D eigenvalue weighted by molar-refractivity contribution is 0.172. The minimum absolute atomic E-state index is 0.566. The number of rotatable bonds is 7. The van der Waals surface area contributed by atoms with Gasteiger partial charge in [-0.1, -0.05) is 45.4 Å². The maximum absolute atomic E-state index is 6.30. The van der Waals surface area contributed by atoms with Crippen molar-refractivity contribution in [2.45, 2.75) is 71.1 Å². The van der Waals surface area contributed by atoms with Gasteiger partial charge < -0.3 is 0 Å². The molecule has 0 aromatic carbocycles. The second-order valence-corrected chi connectivity index (χ2v) is 6.51. The Kier molecular flexibility index (Phi) is 4.58. The van der Waals surface area contributed by atoms with Crippen LogP contribution < -0.4 is 0 Å². The predicted molar refractivity (Wildman–Crippen MR) is 72.0 cm³/mol. The molecule has 3 atom stereocenters. The number of alkyl halides is 1. The van der Waals surface area contributed by atoms with Gasteiger partial charge in [-0.05, 0) is 42.9 Å². The summed E-state index contributed by atoms with van der Waals surface area (Å²) >= 11 is 6.30. The second kappa shape index (κ2) is 5.76. The van der Waals surface area contributed by atoms with Gasteiger partial charge in [0.1, 0.15) is 0 Å². The average molecular weight is 243 g/mol. The molecular formula is C15H27Cl. The minimum Gasteiger partial charge on any atom is -0.126 e. The van der Waals surface area contributed by atoms with Gasteiger partial charge >= 0.3 is 0 Å². The fourth-order valence-corrected chi connectivity index (χ4v) is 4.64. The molecule has 0 aromatic heterocycles. The summed E-state index contributed by atoms with van der Waals surface area (Å²) in [5, 5.41) is 0. The average Bonchev–Trinajstić information content (AvgIpc) is 2.89. The van der Waals surface area contributed by atoms with Crippen molar-refractivity contribution in [1.82, 2.24) is 0 Å². The van der Waals surface area contributed by atoms with E-state index >= 15 is 0 Å². The van der Waals surface area contributed by atoms with E-state index in [1.54, 1.807) is 0 Å². The summed E-state index contributed by atoms with van der Waals surface area (Å²) in [6.45, 7) is 2.29. The van der Waals surface area contributed by atoms with Crippen LogP contribution in [0.15, 0.2) is 0 Å². The van der Waals surface area contributed by atoms with Gasteiger partial charge in [0, 0.05) is 5.88 Å². The Morgan fingerprint density at radius 2 is 1.94 bits per heavy atom. The fourth-order valence-electron chi connectivity index (χ4n) is 4.18. The van der Waals surface area contributed by atoms with Gasteiger partial charge in [0.2, 0.25) is 0 Å². The van der Waals surface area contributed by atoms with Gasteiger partial charge in [0.15, 0.2) is 0 Å². The van der Waals surface area contributed by atoms with Gasteiger partial charge in [-0.25, -0.2) is 0 Å². The first kappa shape index (κ1) is 12.7. The van der Waals surface area contributed by atoms with Crippen LogP contribution >= 0.6 is 11.6 Å². The molecule has 0 spiro atoms. The number of halogens is 1. The molecule has 2 rings (SSSR count). The fraction of sp³-hybridized carbons (Fsp3) is 1.00. The minimum atomic E-state index is 0.566. The third-order valence-electron chi connectivity index (χ3n) is 5.15. The van der Waals surface area contributed by atoms with E-state index in [0.717, 1.165) is 17.7 Å². The van der Waals surface area contributed by atoms with Crippen LogP contribution in [0.4, 0.5) is 0 Å². The molecule has 0 nitrogen and oxygen atoms in total. The zero-order valence-corrected chi connectivity index (χ0v) is 11.6. The standard InChI is InChI=1S/C15H27Cl/c1-2-3-4-5-6-9-15(12-16)11-13-7-8-14(15)10-13/h13-14H,2-12H2,1H3. The lowest BCUT2D eigenvalue weighted by Crippen LogP contribution is -2.29. The predicted octanol–water partition coefficient (Wildman–Crippen LogP) is 5.39. The van der Waals surface area contributed by atoms with Crippen molar-refractivity contribution in [2.75, 3.05) is 5.88 Å². The van der Waals surface area contributed by atoms with Crippen LogP contribution in [0.2, 0.25) is 0 Å². The lowest BCUT2D eigenvalue weighted by Gasteiger charge is -2.36. The quantitative estimate of drug-likeness (QED) is 0.415. The third-order valence-corrected chi connectivity index (χ3v) is 5.68. The van der Waals surface area contributed by atoms with Crippen LogP contribution in [0.5, 0.6) is 0 Å². The molecule has 0 aromatic rings. The van der Waals surface area contributed by atoms with Crippen LogP contribution in [-0.2, 0) is 0 Å².